The van der Waals surface area contributed by atoms with Crippen LogP contribution in [0.4, 0.5) is 23.0 Å². The molecule has 0 spiro atoms. The number of nitrogens with zero attached hydrogens (tertiary/aromatic N) is 8. The van der Waals surface area contributed by atoms with Crippen LogP contribution in [0.3, 0.4) is 0 Å². The molecule has 18 nitrogen and oxygen atoms in total. The van der Waals surface area contributed by atoms with E-state index in [0.29, 0.717) is 47.5 Å². The number of carbonyl (C=O) groups excluding carboxylic acids is 4. The van der Waals surface area contributed by atoms with Gasteiger partial charge in [0.25, 0.3) is 0 Å². The average Bonchev–Trinajstić information content (AvgIpc) is 4.09. The summed E-state index contributed by atoms with van der Waals surface area (Å²) in [7, 11) is 0. The number of nitrogen functional groups attached to an aromatic ring is 1. The van der Waals surface area contributed by atoms with Gasteiger partial charge in [0, 0.05) is 66.3 Å². The number of anilines is 4. The number of benzene rings is 4. The molecule has 0 aliphatic heterocycles. The van der Waals surface area contributed by atoms with Crippen LogP contribution < -0.4 is 21.7 Å². The zero-order valence-corrected chi connectivity index (χ0v) is 42.8. The Balaban J connectivity index is 0.000000179. The first-order valence-electron chi connectivity index (χ1n) is 24.5. The second kappa shape index (κ2) is 26.4. The van der Waals surface area contributed by atoms with Gasteiger partial charge < -0.3 is 31.2 Å². The first-order chi connectivity index (χ1) is 37.5. The van der Waals surface area contributed by atoms with Gasteiger partial charge in [0.1, 0.15) is 23.9 Å². The van der Waals surface area contributed by atoms with Gasteiger partial charge in [-0.15, -0.1) is 10.2 Å². The van der Waals surface area contributed by atoms with Crippen LogP contribution >= 0.6 is 11.6 Å². The Morgan fingerprint density at radius 1 is 0.545 bits per heavy atom. The number of amides is 1. The van der Waals surface area contributed by atoms with Crippen molar-refractivity contribution < 1.29 is 28.7 Å². The van der Waals surface area contributed by atoms with Crippen LogP contribution in [0.2, 0.25) is 0 Å². The lowest BCUT2D eigenvalue weighted by molar-refractivity contribution is -0.146. The molecule has 0 radical (unpaired) electrons. The Labute approximate surface area is 448 Å². The van der Waals surface area contributed by atoms with Crippen LogP contribution in [0.5, 0.6) is 0 Å². The van der Waals surface area contributed by atoms with E-state index in [1.54, 1.807) is 43.0 Å². The quantitative estimate of drug-likeness (QED) is 0.0377. The number of nitrogens with two attached hydrogens (primary N) is 1. The summed E-state index contributed by atoms with van der Waals surface area (Å²) >= 11 is 4.87. The Hall–Kier alpha value is -9.81. The molecule has 10 rings (SSSR count). The van der Waals surface area contributed by atoms with Crippen molar-refractivity contribution in [2.45, 2.75) is 39.8 Å². The van der Waals surface area contributed by atoms with E-state index in [2.05, 4.69) is 85.3 Å². The molecule has 388 valence electrons. The molecule has 0 aliphatic carbocycles. The molecule has 0 unspecified atom stereocenters. The molecule has 0 bridgehead atoms. The average molecular weight is 1050 g/mol. The smallest absolute Gasteiger partial charge is 0.315 e. The number of rotatable bonds is 17. The molecule has 0 aliphatic rings. The van der Waals surface area contributed by atoms with Gasteiger partial charge in [0.05, 0.1) is 30.8 Å². The van der Waals surface area contributed by atoms with Crippen molar-refractivity contribution in [1.29, 1.82) is 0 Å². The molecule has 77 heavy (non-hydrogen) atoms. The Morgan fingerprint density at radius 3 is 1.44 bits per heavy atom. The number of ether oxygens (including phenoxy) is 2. The second-order valence-electron chi connectivity index (χ2n) is 16.9. The maximum atomic E-state index is 12.2. The van der Waals surface area contributed by atoms with Crippen LogP contribution in [0.1, 0.15) is 37.8 Å². The van der Waals surface area contributed by atoms with Gasteiger partial charge in [0.15, 0.2) is 23.3 Å². The van der Waals surface area contributed by atoms with Crippen molar-refractivity contribution in [3.63, 3.8) is 0 Å². The number of esters is 2. The molecule has 0 fully saturated rings. The Kier molecular flexibility index (Phi) is 18.3. The largest absolute Gasteiger partial charge is 0.466 e. The number of aromatic nitrogens is 8. The molecule has 0 saturated carbocycles. The van der Waals surface area contributed by atoms with Crippen LogP contribution in [0.25, 0.3) is 56.1 Å². The first-order valence-corrected chi connectivity index (χ1v) is 24.8. The zero-order valence-electron chi connectivity index (χ0n) is 42.0. The number of pyridine rings is 2. The van der Waals surface area contributed by atoms with E-state index in [1.807, 2.05) is 102 Å². The number of nitrogens with one attached hydrogen (secondary N) is 3. The molecule has 19 heteroatoms. The molecule has 0 atom stereocenters. The first kappa shape index (κ1) is 53.5. The highest BCUT2D eigenvalue weighted by Gasteiger charge is 2.19. The molecule has 10 aromatic rings. The fraction of sp³-hybridized carbons (Fsp3) is 0.138. The number of hydrogen-bond acceptors (Lipinski definition) is 15. The van der Waals surface area contributed by atoms with E-state index in [9.17, 15) is 19.2 Å². The third-order valence-corrected chi connectivity index (χ3v) is 11.4. The SMILES string of the molecule is CCOC(=O)CC(=O)Cl.CCOC(=O)CC(=O)Nc1cncc(-c2nc(NCc3ccccc3)c3c(-c4ccccc4)ccn3n2)c1.Nc1cncc(-c2nc(NCc3ccccc3)c3c(-c4ccccc4)ccn3n2)c1. The standard InChI is InChI=1S/C29H26N6O3.C24H20N6.C5H7ClO3/c1-2-38-26(37)16-25(36)32-23-15-22(18-30-19-23)28-33-29(31-17-20-9-5-3-6-10-20)27-24(13-14-35(27)34-28)21-11-7-4-8-12-21;25-20-13-19(15-26-16-20)23-28-24(27-14-17-7-3-1-4-8-17)22-21(11-12-30(22)29-23)18-9-5-2-6-10-18;1-2-9-5(8)3-4(6)7/h3-15,18-19H,2,16-17H2,1H3,(H,32,36)(H,31,33,34);1-13,15-16H,14,25H2,(H,27,28,29);2-3H2,1H3. The summed E-state index contributed by atoms with van der Waals surface area (Å²) in [6.07, 6.45) is 9.60. The molecule has 0 saturated heterocycles. The van der Waals surface area contributed by atoms with Gasteiger partial charge in [-0.25, -0.2) is 19.0 Å². The van der Waals surface area contributed by atoms with Gasteiger partial charge in [0.2, 0.25) is 11.1 Å². The number of halogens is 1. The van der Waals surface area contributed by atoms with Crippen LogP contribution in [0, 0.1) is 0 Å². The van der Waals surface area contributed by atoms with E-state index in [4.69, 9.17) is 42.2 Å². The highest BCUT2D eigenvalue weighted by atomic mass is 35.5. The lowest BCUT2D eigenvalue weighted by atomic mass is 10.1. The molecule has 1 amide bonds. The fourth-order valence-corrected chi connectivity index (χ4v) is 8.00. The van der Waals surface area contributed by atoms with E-state index in [0.717, 1.165) is 50.2 Å². The van der Waals surface area contributed by atoms with Crippen LogP contribution in [0.15, 0.2) is 183 Å². The fourth-order valence-electron chi connectivity index (χ4n) is 7.89. The molecular formula is C58H53ClN12O6. The van der Waals surface area contributed by atoms with E-state index >= 15 is 0 Å². The molecule has 5 N–H and O–H groups in total. The van der Waals surface area contributed by atoms with Crippen molar-refractivity contribution in [1.82, 2.24) is 39.2 Å². The summed E-state index contributed by atoms with van der Waals surface area (Å²) in [6, 6.07) is 48.3. The van der Waals surface area contributed by atoms with E-state index in [1.165, 1.54) is 11.8 Å². The summed E-state index contributed by atoms with van der Waals surface area (Å²) in [5.41, 5.74) is 16.6. The monoisotopic (exact) mass is 1050 g/mol. The van der Waals surface area contributed by atoms with Crippen molar-refractivity contribution in [2.75, 3.05) is 34.9 Å². The van der Waals surface area contributed by atoms with Gasteiger partial charge in [-0.05, 0) is 72.0 Å². The highest BCUT2D eigenvalue weighted by Crippen LogP contribution is 2.33. The van der Waals surface area contributed by atoms with E-state index in [-0.39, 0.29) is 26.1 Å². The minimum Gasteiger partial charge on any atom is -0.466 e. The third-order valence-electron chi connectivity index (χ3n) is 11.3. The number of carbonyl (C=O) groups is 4. The summed E-state index contributed by atoms with van der Waals surface area (Å²) in [6.45, 7) is 5.08. The zero-order chi connectivity index (χ0) is 53.9. The lowest BCUT2D eigenvalue weighted by Crippen LogP contribution is -2.18. The maximum absolute atomic E-state index is 12.2. The van der Waals surface area contributed by atoms with Crippen molar-refractivity contribution >= 4 is 68.7 Å². The minimum absolute atomic E-state index is 0.217. The Bertz CT molecular complexity index is 3600. The van der Waals surface area contributed by atoms with Crippen LogP contribution in [-0.2, 0) is 41.7 Å². The van der Waals surface area contributed by atoms with Crippen molar-refractivity contribution in [3.8, 4) is 45.0 Å². The predicted molar refractivity (Wildman–Crippen MR) is 297 cm³/mol. The highest BCUT2D eigenvalue weighted by molar-refractivity contribution is 6.64. The Morgan fingerprint density at radius 2 is 0.987 bits per heavy atom. The molecule has 6 aromatic heterocycles. The lowest BCUT2D eigenvalue weighted by Gasteiger charge is -2.12. The topological polar surface area (TPSA) is 235 Å². The summed E-state index contributed by atoms with van der Waals surface area (Å²) in [5.74, 6) is 0.776. The van der Waals surface area contributed by atoms with Gasteiger partial charge in [-0.3, -0.25) is 29.1 Å². The van der Waals surface area contributed by atoms with E-state index < -0.39 is 23.1 Å². The second-order valence-corrected chi connectivity index (χ2v) is 17.3. The summed E-state index contributed by atoms with van der Waals surface area (Å²) in [4.78, 5) is 62.3. The van der Waals surface area contributed by atoms with Crippen molar-refractivity contribution in [3.05, 3.63) is 194 Å². The summed E-state index contributed by atoms with van der Waals surface area (Å²) in [5, 5.41) is 18.4. The van der Waals surface area contributed by atoms with Crippen molar-refractivity contribution in [2.24, 2.45) is 0 Å². The summed E-state index contributed by atoms with van der Waals surface area (Å²) < 4.78 is 12.9. The molecule has 4 aromatic carbocycles. The number of fused-ring (bicyclic) bond motifs is 2. The predicted octanol–water partition coefficient (Wildman–Crippen LogP) is 10.3. The minimum atomic E-state index is -0.687. The molecular weight excluding hydrogens is 996 g/mol. The van der Waals surface area contributed by atoms with Gasteiger partial charge >= 0.3 is 11.9 Å². The number of hydrogen-bond donors (Lipinski definition) is 4. The van der Waals surface area contributed by atoms with Crippen LogP contribution in [-0.4, -0.2) is 75.5 Å². The third kappa shape index (κ3) is 14.7. The van der Waals surface area contributed by atoms with Gasteiger partial charge in [-0.1, -0.05) is 121 Å². The van der Waals surface area contributed by atoms with Gasteiger partial charge in [-0.2, -0.15) is 0 Å². The normalized spacial score (nSPS) is 10.6. The molecule has 6 heterocycles. The maximum Gasteiger partial charge on any atom is 0.315 e.